The molecule has 106 valence electrons. The number of hydrogen-bond donors (Lipinski definition) is 0. The summed E-state index contributed by atoms with van der Waals surface area (Å²) < 4.78 is 59.1. The van der Waals surface area contributed by atoms with Gasteiger partial charge < -0.3 is 4.74 Å². The molecule has 20 heavy (non-hydrogen) atoms. The number of rotatable bonds is 3. The van der Waals surface area contributed by atoms with E-state index in [0.29, 0.717) is 5.56 Å². The van der Waals surface area contributed by atoms with Crippen LogP contribution in [0, 0.1) is 23.3 Å². The van der Waals surface area contributed by atoms with Crippen LogP contribution >= 0.6 is 31.9 Å². The van der Waals surface area contributed by atoms with Gasteiger partial charge in [0.05, 0.1) is 0 Å². The maximum atomic E-state index is 13.7. The second-order valence-corrected chi connectivity index (χ2v) is 5.30. The van der Waals surface area contributed by atoms with Crippen molar-refractivity contribution in [2.45, 2.75) is 5.33 Å². The van der Waals surface area contributed by atoms with Gasteiger partial charge in [0.1, 0.15) is 0 Å². The second kappa shape index (κ2) is 6.13. The molecule has 0 aromatic heterocycles. The lowest BCUT2D eigenvalue weighted by molar-refractivity contribution is 0.375. The number of hydrogen-bond acceptors (Lipinski definition) is 1. The van der Waals surface area contributed by atoms with Crippen LogP contribution in [-0.4, -0.2) is 0 Å². The molecule has 0 saturated heterocycles. The summed E-state index contributed by atoms with van der Waals surface area (Å²) in [6.45, 7) is 0. The lowest BCUT2D eigenvalue weighted by Gasteiger charge is -2.10. The maximum absolute atomic E-state index is 13.7. The molecule has 2 aromatic carbocycles. The molecule has 0 unspecified atom stereocenters. The second-order valence-electron chi connectivity index (χ2n) is 3.82. The molecule has 2 rings (SSSR count). The quantitative estimate of drug-likeness (QED) is 0.356. The van der Waals surface area contributed by atoms with Crippen LogP contribution in [0.2, 0.25) is 0 Å². The zero-order valence-electron chi connectivity index (χ0n) is 9.69. The Hall–Kier alpha value is -1.08. The van der Waals surface area contributed by atoms with Crippen LogP contribution in [-0.2, 0) is 5.33 Å². The third kappa shape index (κ3) is 3.15. The molecule has 0 fully saturated rings. The minimum atomic E-state index is -1.32. The smallest absolute Gasteiger partial charge is 0.201 e. The van der Waals surface area contributed by atoms with Crippen LogP contribution in [0.3, 0.4) is 0 Å². The fourth-order valence-corrected chi connectivity index (χ4v) is 2.24. The van der Waals surface area contributed by atoms with E-state index in [-0.39, 0.29) is 9.80 Å². The van der Waals surface area contributed by atoms with E-state index in [2.05, 4.69) is 31.9 Å². The van der Waals surface area contributed by atoms with Gasteiger partial charge in [0, 0.05) is 9.80 Å². The van der Waals surface area contributed by atoms with E-state index in [4.69, 9.17) is 4.74 Å². The van der Waals surface area contributed by atoms with Crippen molar-refractivity contribution in [3.63, 3.8) is 0 Å². The van der Waals surface area contributed by atoms with Gasteiger partial charge in [0.25, 0.3) is 0 Å². The van der Waals surface area contributed by atoms with Gasteiger partial charge in [-0.05, 0) is 29.8 Å². The highest BCUT2D eigenvalue weighted by molar-refractivity contribution is 9.10. The Morgan fingerprint density at radius 1 is 0.900 bits per heavy atom. The van der Waals surface area contributed by atoms with Crippen LogP contribution in [0.4, 0.5) is 17.6 Å². The van der Waals surface area contributed by atoms with E-state index >= 15 is 0 Å². The Labute approximate surface area is 128 Å². The fourth-order valence-electron chi connectivity index (χ4n) is 1.50. The molecule has 0 bridgehead atoms. The van der Waals surface area contributed by atoms with Crippen LogP contribution in [0.1, 0.15) is 5.56 Å². The molecule has 0 radical (unpaired) electrons. The first-order valence-electron chi connectivity index (χ1n) is 5.28. The minimum Gasteiger partial charge on any atom is -0.448 e. The first-order chi connectivity index (χ1) is 9.42. The summed E-state index contributed by atoms with van der Waals surface area (Å²) in [5, 5.41) is 0.251. The van der Waals surface area contributed by atoms with Crippen LogP contribution in [0.25, 0.3) is 0 Å². The molecule has 0 aliphatic carbocycles. The van der Waals surface area contributed by atoms with Crippen molar-refractivity contribution in [1.29, 1.82) is 0 Å². The SMILES string of the molecule is Fc1cc(Br)cc(Oc2c(F)cc(CBr)cc2F)c1F. The molecule has 2 aromatic rings. The van der Waals surface area contributed by atoms with Crippen LogP contribution < -0.4 is 4.74 Å². The number of ether oxygens (including phenoxy) is 1. The maximum Gasteiger partial charge on any atom is 0.201 e. The van der Waals surface area contributed by atoms with Gasteiger partial charge in [0.15, 0.2) is 29.0 Å². The predicted octanol–water partition coefficient (Wildman–Crippen LogP) is 5.69. The normalized spacial score (nSPS) is 10.7. The molecule has 0 heterocycles. The lowest BCUT2D eigenvalue weighted by Crippen LogP contribution is -1.98. The van der Waals surface area contributed by atoms with Gasteiger partial charge >= 0.3 is 0 Å². The van der Waals surface area contributed by atoms with Gasteiger partial charge in [-0.2, -0.15) is 4.39 Å². The highest BCUT2D eigenvalue weighted by atomic mass is 79.9. The topological polar surface area (TPSA) is 9.23 Å². The monoisotopic (exact) mass is 412 g/mol. The van der Waals surface area contributed by atoms with Crippen molar-refractivity contribution < 1.29 is 22.3 Å². The summed E-state index contributed by atoms with van der Waals surface area (Å²) in [5.74, 6) is -5.91. The van der Waals surface area contributed by atoms with Crippen molar-refractivity contribution >= 4 is 31.9 Å². The molecule has 0 spiro atoms. The van der Waals surface area contributed by atoms with E-state index < -0.39 is 34.8 Å². The number of alkyl halides is 1. The van der Waals surface area contributed by atoms with Gasteiger partial charge in [-0.1, -0.05) is 31.9 Å². The van der Waals surface area contributed by atoms with Crippen LogP contribution in [0.15, 0.2) is 28.7 Å². The Bertz CT molecular complexity index is 638. The summed E-state index contributed by atoms with van der Waals surface area (Å²) >= 11 is 6.00. The summed E-state index contributed by atoms with van der Waals surface area (Å²) in [6.07, 6.45) is 0. The summed E-state index contributed by atoms with van der Waals surface area (Å²) in [4.78, 5) is 0. The summed E-state index contributed by atoms with van der Waals surface area (Å²) in [6, 6.07) is 4.04. The first-order valence-corrected chi connectivity index (χ1v) is 7.20. The third-order valence-corrected chi connectivity index (χ3v) is 3.49. The summed E-state index contributed by atoms with van der Waals surface area (Å²) in [7, 11) is 0. The van der Waals surface area contributed by atoms with Crippen molar-refractivity contribution in [3.05, 3.63) is 57.6 Å². The zero-order chi connectivity index (χ0) is 14.9. The van der Waals surface area contributed by atoms with E-state index in [9.17, 15) is 17.6 Å². The fraction of sp³-hybridized carbons (Fsp3) is 0.0769. The Kier molecular flexibility index (Phi) is 4.70. The average molecular weight is 414 g/mol. The van der Waals surface area contributed by atoms with Gasteiger partial charge in [-0.15, -0.1) is 0 Å². The van der Waals surface area contributed by atoms with E-state index in [1.807, 2.05) is 0 Å². The average Bonchev–Trinajstić information content (AvgIpc) is 2.38. The Morgan fingerprint density at radius 3 is 2.05 bits per heavy atom. The van der Waals surface area contributed by atoms with E-state index in [1.54, 1.807) is 0 Å². The standard InChI is InChI=1S/C13H6Br2F4O/c14-5-6-1-9(17)13(10(18)2-6)20-11-4-7(15)3-8(16)12(11)19/h1-4H,5H2. The number of benzene rings is 2. The summed E-state index contributed by atoms with van der Waals surface area (Å²) in [5.41, 5.74) is 0.355. The van der Waals surface area contributed by atoms with Gasteiger partial charge in [-0.3, -0.25) is 0 Å². The molecule has 0 N–H and O–H groups in total. The molecule has 0 amide bonds. The highest BCUT2D eigenvalue weighted by Gasteiger charge is 2.18. The highest BCUT2D eigenvalue weighted by Crippen LogP contribution is 2.33. The van der Waals surface area contributed by atoms with Crippen molar-refractivity contribution in [3.8, 4) is 11.5 Å². The largest absolute Gasteiger partial charge is 0.448 e. The van der Waals surface area contributed by atoms with Crippen molar-refractivity contribution in [1.82, 2.24) is 0 Å². The molecule has 0 aliphatic rings. The number of halogens is 6. The molecular formula is C13H6Br2F4O. The van der Waals surface area contributed by atoms with Crippen LogP contribution in [0.5, 0.6) is 11.5 Å². The molecule has 0 saturated carbocycles. The van der Waals surface area contributed by atoms with Crippen molar-refractivity contribution in [2.24, 2.45) is 0 Å². The van der Waals surface area contributed by atoms with Gasteiger partial charge in [-0.25, -0.2) is 13.2 Å². The Morgan fingerprint density at radius 2 is 1.50 bits per heavy atom. The van der Waals surface area contributed by atoms with E-state index in [0.717, 1.165) is 24.3 Å². The predicted molar refractivity (Wildman–Crippen MR) is 73.1 cm³/mol. The minimum absolute atomic E-state index is 0.185. The Balaban J connectivity index is 2.45. The molecule has 7 heteroatoms. The van der Waals surface area contributed by atoms with Crippen molar-refractivity contribution in [2.75, 3.05) is 0 Å². The van der Waals surface area contributed by atoms with E-state index in [1.165, 1.54) is 0 Å². The third-order valence-electron chi connectivity index (χ3n) is 2.38. The molecule has 1 nitrogen and oxygen atoms in total. The molecular weight excluding hydrogens is 408 g/mol. The zero-order valence-corrected chi connectivity index (χ0v) is 12.9. The first kappa shape index (κ1) is 15.3. The molecule has 0 atom stereocenters. The lowest BCUT2D eigenvalue weighted by atomic mass is 10.2. The molecule has 0 aliphatic heterocycles. The van der Waals surface area contributed by atoms with Gasteiger partial charge in [0.2, 0.25) is 5.82 Å².